The van der Waals surface area contributed by atoms with Crippen LogP contribution in [0.5, 0.6) is 5.88 Å². The average molecular weight is 283 g/mol. The monoisotopic (exact) mass is 283 g/mol. The molecule has 0 bridgehead atoms. The molecule has 0 saturated carbocycles. The largest absolute Gasteiger partial charge is 0.479 e. The average Bonchev–Trinajstić information content (AvgIpc) is 2.53. The fourth-order valence-electron chi connectivity index (χ4n) is 1.95. The van der Waals surface area contributed by atoms with Gasteiger partial charge in [0, 0.05) is 25.5 Å². The lowest BCUT2D eigenvalue weighted by Gasteiger charge is -2.23. The molecule has 0 spiro atoms. The number of rotatable bonds is 6. The zero-order valence-corrected chi connectivity index (χ0v) is 11.9. The number of nitriles is 1. The molecule has 0 atom stereocenters. The van der Waals surface area contributed by atoms with E-state index < -0.39 is 0 Å². The Hall–Kier alpha value is -2.81. The van der Waals surface area contributed by atoms with Gasteiger partial charge in [0.25, 0.3) is 0 Å². The number of hydrogen-bond donors (Lipinski definition) is 1. The number of ether oxygens (including phenoxy) is 1. The first kappa shape index (κ1) is 14.6. The molecular formula is C15H17N5O. The van der Waals surface area contributed by atoms with Gasteiger partial charge in [-0.05, 0) is 23.8 Å². The Labute approximate surface area is 123 Å². The number of pyridine rings is 2. The molecule has 2 N–H and O–H groups in total. The van der Waals surface area contributed by atoms with Gasteiger partial charge in [0.1, 0.15) is 5.82 Å². The molecule has 0 radical (unpaired) electrons. The summed E-state index contributed by atoms with van der Waals surface area (Å²) in [6.45, 7) is 1.20. The highest BCUT2D eigenvalue weighted by atomic mass is 16.5. The summed E-state index contributed by atoms with van der Waals surface area (Å²) in [6, 6.07) is 9.60. The van der Waals surface area contributed by atoms with Gasteiger partial charge >= 0.3 is 0 Å². The summed E-state index contributed by atoms with van der Waals surface area (Å²) < 4.78 is 5.15. The van der Waals surface area contributed by atoms with Crippen LogP contribution in [0.3, 0.4) is 0 Å². The minimum Gasteiger partial charge on any atom is -0.479 e. The molecule has 0 aliphatic rings. The second-order valence-electron chi connectivity index (χ2n) is 4.46. The summed E-state index contributed by atoms with van der Waals surface area (Å²) in [7, 11) is 1.53. The first-order chi connectivity index (χ1) is 10.2. The molecule has 2 aromatic rings. The molecule has 6 heteroatoms. The van der Waals surface area contributed by atoms with Gasteiger partial charge in [-0.1, -0.05) is 6.07 Å². The third-order valence-corrected chi connectivity index (χ3v) is 2.98. The van der Waals surface area contributed by atoms with Crippen molar-refractivity contribution < 1.29 is 4.74 Å². The van der Waals surface area contributed by atoms with Crippen molar-refractivity contribution >= 4 is 11.5 Å². The van der Waals surface area contributed by atoms with Crippen LogP contribution in [0.2, 0.25) is 0 Å². The Morgan fingerprint density at radius 2 is 2.24 bits per heavy atom. The van der Waals surface area contributed by atoms with Crippen molar-refractivity contribution in [2.75, 3.05) is 24.3 Å². The SMILES string of the molecule is COc1nc(N(CCC#N)Cc2cccnc2)ccc1N. The van der Waals surface area contributed by atoms with Crippen LogP contribution in [-0.4, -0.2) is 23.6 Å². The van der Waals surface area contributed by atoms with Crippen LogP contribution in [0.15, 0.2) is 36.7 Å². The maximum Gasteiger partial charge on any atom is 0.238 e. The first-order valence-electron chi connectivity index (χ1n) is 6.56. The van der Waals surface area contributed by atoms with Gasteiger partial charge in [-0.2, -0.15) is 10.2 Å². The van der Waals surface area contributed by atoms with E-state index in [4.69, 9.17) is 15.7 Å². The van der Waals surface area contributed by atoms with Gasteiger partial charge in [-0.15, -0.1) is 0 Å². The molecule has 0 fully saturated rings. The Bertz CT molecular complexity index is 624. The molecule has 2 heterocycles. The van der Waals surface area contributed by atoms with Crippen molar-refractivity contribution in [3.05, 3.63) is 42.2 Å². The van der Waals surface area contributed by atoms with Crippen molar-refractivity contribution in [1.29, 1.82) is 5.26 Å². The van der Waals surface area contributed by atoms with Crippen molar-refractivity contribution in [2.24, 2.45) is 0 Å². The number of methoxy groups -OCH3 is 1. The van der Waals surface area contributed by atoms with Crippen LogP contribution in [-0.2, 0) is 6.54 Å². The van der Waals surface area contributed by atoms with Gasteiger partial charge in [0.2, 0.25) is 5.88 Å². The Balaban J connectivity index is 2.25. The van der Waals surface area contributed by atoms with E-state index >= 15 is 0 Å². The van der Waals surface area contributed by atoms with Crippen LogP contribution in [0.4, 0.5) is 11.5 Å². The molecule has 0 saturated heterocycles. The maximum atomic E-state index is 8.82. The summed E-state index contributed by atoms with van der Waals surface area (Å²) in [4.78, 5) is 10.5. The molecule has 21 heavy (non-hydrogen) atoms. The molecule has 2 aromatic heterocycles. The highest BCUT2D eigenvalue weighted by Crippen LogP contribution is 2.23. The lowest BCUT2D eigenvalue weighted by Crippen LogP contribution is -2.25. The van der Waals surface area contributed by atoms with E-state index in [2.05, 4.69) is 16.0 Å². The van der Waals surface area contributed by atoms with Gasteiger partial charge in [0.05, 0.1) is 25.3 Å². The predicted molar refractivity (Wildman–Crippen MR) is 80.7 cm³/mol. The van der Waals surface area contributed by atoms with E-state index in [0.29, 0.717) is 31.1 Å². The van der Waals surface area contributed by atoms with E-state index in [1.807, 2.05) is 23.1 Å². The highest BCUT2D eigenvalue weighted by molar-refractivity contribution is 5.54. The molecule has 108 valence electrons. The Morgan fingerprint density at radius 1 is 1.38 bits per heavy atom. The molecular weight excluding hydrogens is 266 g/mol. The van der Waals surface area contributed by atoms with E-state index in [9.17, 15) is 0 Å². The van der Waals surface area contributed by atoms with Gasteiger partial charge in [0.15, 0.2) is 0 Å². The number of aromatic nitrogens is 2. The van der Waals surface area contributed by atoms with E-state index in [1.54, 1.807) is 18.5 Å². The van der Waals surface area contributed by atoms with Crippen LogP contribution < -0.4 is 15.4 Å². The van der Waals surface area contributed by atoms with Crippen LogP contribution >= 0.6 is 0 Å². The first-order valence-corrected chi connectivity index (χ1v) is 6.56. The van der Waals surface area contributed by atoms with Crippen molar-refractivity contribution in [2.45, 2.75) is 13.0 Å². The van der Waals surface area contributed by atoms with Gasteiger partial charge in [-0.3, -0.25) is 4.98 Å². The Kier molecular flexibility index (Phi) is 4.94. The van der Waals surface area contributed by atoms with Crippen molar-refractivity contribution in [3.8, 4) is 11.9 Å². The van der Waals surface area contributed by atoms with E-state index in [0.717, 1.165) is 11.4 Å². The molecule has 0 aromatic carbocycles. The summed E-state index contributed by atoms with van der Waals surface area (Å²) in [5, 5.41) is 8.82. The lowest BCUT2D eigenvalue weighted by molar-refractivity contribution is 0.400. The fraction of sp³-hybridized carbons (Fsp3) is 0.267. The normalized spacial score (nSPS) is 9.90. The van der Waals surface area contributed by atoms with Gasteiger partial charge < -0.3 is 15.4 Å². The van der Waals surface area contributed by atoms with Crippen LogP contribution in [0.25, 0.3) is 0 Å². The number of nitrogens with zero attached hydrogens (tertiary/aromatic N) is 4. The lowest BCUT2D eigenvalue weighted by atomic mass is 10.2. The molecule has 6 nitrogen and oxygen atoms in total. The second kappa shape index (κ2) is 7.10. The van der Waals surface area contributed by atoms with Crippen LogP contribution in [0, 0.1) is 11.3 Å². The molecule has 0 aliphatic carbocycles. The van der Waals surface area contributed by atoms with Crippen molar-refractivity contribution in [3.63, 3.8) is 0 Å². The molecule has 0 amide bonds. The fourth-order valence-corrected chi connectivity index (χ4v) is 1.95. The third-order valence-electron chi connectivity index (χ3n) is 2.98. The summed E-state index contributed by atoms with van der Waals surface area (Å²) in [5.74, 6) is 1.11. The Morgan fingerprint density at radius 3 is 2.90 bits per heavy atom. The minimum absolute atomic E-state index is 0.389. The van der Waals surface area contributed by atoms with E-state index in [-0.39, 0.29) is 0 Å². The second-order valence-corrected chi connectivity index (χ2v) is 4.46. The topological polar surface area (TPSA) is 88.1 Å². The number of nitrogens with two attached hydrogens (primary N) is 1. The summed E-state index contributed by atoms with van der Waals surface area (Å²) >= 11 is 0. The smallest absolute Gasteiger partial charge is 0.238 e. The summed E-state index contributed by atoms with van der Waals surface area (Å²) in [6.07, 6.45) is 3.94. The van der Waals surface area contributed by atoms with Crippen molar-refractivity contribution in [1.82, 2.24) is 9.97 Å². The highest BCUT2D eigenvalue weighted by Gasteiger charge is 2.11. The predicted octanol–water partition coefficient (Wildman–Crippen LogP) is 1.99. The molecule has 2 rings (SSSR count). The van der Waals surface area contributed by atoms with E-state index in [1.165, 1.54) is 7.11 Å². The standard InChI is InChI=1S/C15H17N5O/c1-21-15-13(17)5-6-14(19-15)20(9-3-7-16)11-12-4-2-8-18-10-12/h2,4-6,8,10H,3,9,11,17H2,1H3. The number of hydrogen-bond acceptors (Lipinski definition) is 6. The number of nitrogen functional groups attached to an aromatic ring is 1. The zero-order valence-electron chi connectivity index (χ0n) is 11.9. The quantitative estimate of drug-likeness (QED) is 0.872. The molecule has 0 unspecified atom stereocenters. The van der Waals surface area contributed by atoms with Crippen LogP contribution in [0.1, 0.15) is 12.0 Å². The van der Waals surface area contributed by atoms with Gasteiger partial charge in [-0.25, -0.2) is 0 Å². The maximum absolute atomic E-state index is 8.82. The summed E-state index contributed by atoms with van der Waals surface area (Å²) in [5.41, 5.74) is 7.32. The third kappa shape index (κ3) is 3.83. The number of anilines is 2. The zero-order chi connectivity index (χ0) is 15.1. The molecule has 0 aliphatic heterocycles. The minimum atomic E-state index is 0.389.